The van der Waals surface area contributed by atoms with E-state index in [9.17, 15) is 13.2 Å². The van der Waals surface area contributed by atoms with Crippen LogP contribution in [0.1, 0.15) is 26.3 Å². The van der Waals surface area contributed by atoms with Crippen LogP contribution in [-0.4, -0.2) is 24.8 Å². The van der Waals surface area contributed by atoms with Gasteiger partial charge in [-0.3, -0.25) is 4.79 Å². The molecule has 0 radical (unpaired) electrons. The molecular formula is C13H16N2O3S. The van der Waals surface area contributed by atoms with Crippen LogP contribution in [0.5, 0.6) is 0 Å². The number of nitrogens with zero attached hydrogens (tertiary/aromatic N) is 1. The van der Waals surface area contributed by atoms with Crippen LogP contribution in [0.3, 0.4) is 0 Å². The van der Waals surface area contributed by atoms with Crippen LogP contribution in [0.2, 0.25) is 0 Å². The van der Waals surface area contributed by atoms with Crippen molar-refractivity contribution in [3.63, 3.8) is 0 Å². The van der Waals surface area contributed by atoms with Gasteiger partial charge in [0.2, 0.25) is 5.91 Å². The van der Waals surface area contributed by atoms with Gasteiger partial charge in [-0.15, -0.1) is 0 Å². The molecule has 0 fully saturated rings. The molecule has 19 heavy (non-hydrogen) atoms. The third-order valence-electron chi connectivity index (χ3n) is 2.80. The number of nitriles is 1. The lowest BCUT2D eigenvalue weighted by molar-refractivity contribution is -0.115. The van der Waals surface area contributed by atoms with E-state index in [1.54, 1.807) is 38.1 Å². The molecule has 102 valence electrons. The molecule has 0 aliphatic rings. The monoisotopic (exact) mass is 280 g/mol. The number of amides is 1. The second-order valence-corrected chi connectivity index (χ2v) is 7.29. The number of benzene rings is 1. The van der Waals surface area contributed by atoms with Gasteiger partial charge in [-0.1, -0.05) is 0 Å². The first-order valence-electron chi connectivity index (χ1n) is 5.82. The van der Waals surface area contributed by atoms with E-state index in [0.29, 0.717) is 11.3 Å². The lowest BCUT2D eigenvalue weighted by Crippen LogP contribution is -2.36. The Morgan fingerprint density at radius 1 is 1.21 bits per heavy atom. The molecular weight excluding hydrogens is 264 g/mol. The van der Waals surface area contributed by atoms with Crippen LogP contribution in [0, 0.1) is 11.3 Å². The van der Waals surface area contributed by atoms with E-state index in [2.05, 4.69) is 5.32 Å². The Morgan fingerprint density at radius 2 is 1.74 bits per heavy atom. The van der Waals surface area contributed by atoms with Crippen LogP contribution in [0.15, 0.2) is 24.3 Å². The number of nitrogens with one attached hydrogen (secondary N) is 1. The van der Waals surface area contributed by atoms with Crippen molar-refractivity contribution in [3.8, 4) is 6.07 Å². The zero-order valence-corrected chi connectivity index (χ0v) is 11.9. The second kappa shape index (κ2) is 5.85. The first-order chi connectivity index (χ1) is 8.78. The summed E-state index contributed by atoms with van der Waals surface area (Å²) < 4.78 is 23.7. The van der Waals surface area contributed by atoms with Crippen molar-refractivity contribution in [2.24, 2.45) is 0 Å². The predicted octanol–water partition coefficient (Wildman–Crippen LogP) is 1.71. The summed E-state index contributed by atoms with van der Waals surface area (Å²) in [4.78, 5) is 11.9. The van der Waals surface area contributed by atoms with Gasteiger partial charge in [0.15, 0.2) is 9.84 Å². The standard InChI is InChI=1S/C13H16N2O3S/c1-9(2)19(17,18)10(3)13(16)15-12-6-4-11(8-14)5-7-12/h4-7,9-10H,1-3H3,(H,15,16). The number of carbonyl (C=O) groups excluding carboxylic acids is 1. The van der Waals surface area contributed by atoms with Gasteiger partial charge >= 0.3 is 0 Å². The van der Waals surface area contributed by atoms with E-state index in [-0.39, 0.29) is 0 Å². The molecule has 0 bridgehead atoms. The number of carbonyl (C=O) groups is 1. The zero-order valence-electron chi connectivity index (χ0n) is 11.0. The third-order valence-corrected chi connectivity index (χ3v) is 5.31. The van der Waals surface area contributed by atoms with Gasteiger partial charge in [0.25, 0.3) is 0 Å². The van der Waals surface area contributed by atoms with Crippen molar-refractivity contribution < 1.29 is 13.2 Å². The molecule has 0 aromatic heterocycles. The number of hydrogen-bond donors (Lipinski definition) is 1. The van der Waals surface area contributed by atoms with Gasteiger partial charge < -0.3 is 5.32 Å². The SMILES string of the molecule is CC(C)S(=O)(=O)C(C)C(=O)Nc1ccc(C#N)cc1. The summed E-state index contributed by atoms with van der Waals surface area (Å²) in [6, 6.07) is 8.19. The first-order valence-corrected chi connectivity index (χ1v) is 7.43. The molecule has 1 rings (SSSR count). The summed E-state index contributed by atoms with van der Waals surface area (Å²) in [7, 11) is -3.47. The van der Waals surface area contributed by atoms with Crippen molar-refractivity contribution >= 4 is 21.4 Å². The van der Waals surface area contributed by atoms with E-state index in [1.165, 1.54) is 6.92 Å². The highest BCUT2D eigenvalue weighted by molar-refractivity contribution is 7.93. The maximum atomic E-state index is 11.9. The minimum atomic E-state index is -3.47. The summed E-state index contributed by atoms with van der Waals surface area (Å²) in [5.74, 6) is -0.571. The maximum absolute atomic E-state index is 11.9. The zero-order chi connectivity index (χ0) is 14.6. The van der Waals surface area contributed by atoms with Gasteiger partial charge in [-0.05, 0) is 45.0 Å². The van der Waals surface area contributed by atoms with Crippen LogP contribution in [-0.2, 0) is 14.6 Å². The second-order valence-electron chi connectivity index (χ2n) is 4.46. The van der Waals surface area contributed by atoms with E-state index in [1.807, 2.05) is 6.07 Å². The molecule has 1 unspecified atom stereocenters. The quantitative estimate of drug-likeness (QED) is 0.909. The molecule has 0 saturated carbocycles. The molecule has 6 heteroatoms. The Bertz CT molecular complexity index is 598. The molecule has 0 saturated heterocycles. The third kappa shape index (κ3) is 3.55. The fourth-order valence-corrected chi connectivity index (χ4v) is 2.60. The predicted molar refractivity (Wildman–Crippen MR) is 73.3 cm³/mol. The van der Waals surface area contributed by atoms with Crippen LogP contribution < -0.4 is 5.32 Å². The topological polar surface area (TPSA) is 87.0 Å². The number of anilines is 1. The van der Waals surface area contributed by atoms with Gasteiger partial charge in [-0.2, -0.15) is 5.26 Å². The van der Waals surface area contributed by atoms with Gasteiger partial charge in [0.1, 0.15) is 5.25 Å². The summed E-state index contributed by atoms with van der Waals surface area (Å²) in [6.07, 6.45) is 0. The molecule has 1 atom stereocenters. The van der Waals surface area contributed by atoms with E-state index < -0.39 is 26.2 Å². The average Bonchev–Trinajstić information content (AvgIpc) is 2.38. The van der Waals surface area contributed by atoms with Crippen molar-refractivity contribution in [2.45, 2.75) is 31.3 Å². The minimum Gasteiger partial charge on any atom is -0.325 e. The Kier molecular flexibility index (Phi) is 4.67. The van der Waals surface area contributed by atoms with E-state index in [0.717, 1.165) is 0 Å². The van der Waals surface area contributed by atoms with Crippen molar-refractivity contribution in [3.05, 3.63) is 29.8 Å². The Morgan fingerprint density at radius 3 is 2.16 bits per heavy atom. The largest absolute Gasteiger partial charge is 0.325 e. The molecule has 1 aromatic carbocycles. The molecule has 1 amide bonds. The first kappa shape index (κ1) is 15.2. The molecule has 0 aliphatic carbocycles. The summed E-state index contributed by atoms with van der Waals surface area (Å²) >= 11 is 0. The van der Waals surface area contributed by atoms with Crippen LogP contribution >= 0.6 is 0 Å². The fraction of sp³-hybridized carbons (Fsp3) is 0.385. The van der Waals surface area contributed by atoms with E-state index >= 15 is 0 Å². The molecule has 1 aromatic rings. The lowest BCUT2D eigenvalue weighted by Gasteiger charge is -2.15. The highest BCUT2D eigenvalue weighted by Crippen LogP contribution is 2.13. The molecule has 0 spiro atoms. The smallest absolute Gasteiger partial charge is 0.242 e. The van der Waals surface area contributed by atoms with Gasteiger partial charge in [0.05, 0.1) is 16.9 Å². The van der Waals surface area contributed by atoms with Crippen molar-refractivity contribution in [2.75, 3.05) is 5.32 Å². The van der Waals surface area contributed by atoms with Crippen LogP contribution in [0.25, 0.3) is 0 Å². The summed E-state index contributed by atoms with van der Waals surface area (Å²) in [6.45, 7) is 4.45. The number of hydrogen-bond acceptors (Lipinski definition) is 4. The maximum Gasteiger partial charge on any atom is 0.242 e. The normalized spacial score (nSPS) is 12.8. The minimum absolute atomic E-state index is 0.467. The van der Waals surface area contributed by atoms with Crippen LogP contribution in [0.4, 0.5) is 5.69 Å². The molecule has 0 aliphatic heterocycles. The van der Waals surface area contributed by atoms with E-state index in [4.69, 9.17) is 5.26 Å². The molecule has 5 nitrogen and oxygen atoms in total. The summed E-state index contributed by atoms with van der Waals surface area (Å²) in [5.41, 5.74) is 0.940. The van der Waals surface area contributed by atoms with Crippen molar-refractivity contribution in [1.82, 2.24) is 0 Å². The van der Waals surface area contributed by atoms with Gasteiger partial charge in [-0.25, -0.2) is 8.42 Å². The Hall–Kier alpha value is -1.87. The molecule has 1 N–H and O–H groups in total. The van der Waals surface area contributed by atoms with Gasteiger partial charge in [0, 0.05) is 5.69 Å². The number of sulfone groups is 1. The lowest BCUT2D eigenvalue weighted by atomic mass is 10.2. The highest BCUT2D eigenvalue weighted by Gasteiger charge is 2.30. The Balaban J connectivity index is 2.83. The summed E-state index contributed by atoms with van der Waals surface area (Å²) in [5, 5.41) is 9.47. The van der Waals surface area contributed by atoms with Crippen molar-refractivity contribution in [1.29, 1.82) is 5.26 Å². The fourth-order valence-electron chi connectivity index (χ4n) is 1.43. The Labute approximate surface area is 113 Å². The average molecular weight is 280 g/mol. The molecule has 0 heterocycles. The number of rotatable bonds is 4. The highest BCUT2D eigenvalue weighted by atomic mass is 32.2.